The molecular formula is C23H25F2N3O. The quantitative estimate of drug-likeness (QED) is 0.595. The van der Waals surface area contributed by atoms with Crippen molar-refractivity contribution in [2.24, 2.45) is 0 Å². The zero-order valence-electron chi connectivity index (χ0n) is 16.3. The summed E-state index contributed by atoms with van der Waals surface area (Å²) in [6.07, 6.45) is 4.48. The Morgan fingerprint density at radius 3 is 2.59 bits per heavy atom. The number of aryl methyl sites for hydroxylation is 1. The summed E-state index contributed by atoms with van der Waals surface area (Å²) in [4.78, 5) is 7.37. The minimum absolute atomic E-state index is 0.178. The van der Waals surface area contributed by atoms with Crippen molar-refractivity contribution in [2.75, 3.05) is 0 Å². The van der Waals surface area contributed by atoms with E-state index in [1.807, 2.05) is 0 Å². The van der Waals surface area contributed by atoms with Crippen LogP contribution in [-0.2, 0) is 25.8 Å². The van der Waals surface area contributed by atoms with Gasteiger partial charge in [-0.05, 0) is 53.6 Å². The molecule has 1 aliphatic rings. The average molecular weight is 397 g/mol. The van der Waals surface area contributed by atoms with Crippen LogP contribution in [0.4, 0.5) is 8.78 Å². The van der Waals surface area contributed by atoms with Crippen LogP contribution < -0.4 is 5.32 Å². The van der Waals surface area contributed by atoms with Gasteiger partial charge < -0.3 is 15.4 Å². The third-order valence-corrected chi connectivity index (χ3v) is 5.75. The maximum atomic E-state index is 13.7. The summed E-state index contributed by atoms with van der Waals surface area (Å²) < 4.78 is 27.4. The second-order valence-electron chi connectivity index (χ2n) is 7.70. The third kappa shape index (κ3) is 4.38. The number of aromatic amines is 1. The van der Waals surface area contributed by atoms with Crippen LogP contribution in [0, 0.1) is 11.6 Å². The zero-order valence-corrected chi connectivity index (χ0v) is 16.3. The Bertz CT molecular complexity index is 954. The first-order chi connectivity index (χ1) is 14.0. The predicted octanol–water partition coefficient (Wildman–Crippen LogP) is 3.65. The largest absolute Gasteiger partial charge is 0.391 e. The van der Waals surface area contributed by atoms with Gasteiger partial charge in [-0.1, -0.05) is 25.1 Å². The van der Waals surface area contributed by atoms with Gasteiger partial charge in [0.25, 0.3) is 0 Å². The Kier molecular flexibility index (Phi) is 5.74. The zero-order chi connectivity index (χ0) is 20.4. The summed E-state index contributed by atoms with van der Waals surface area (Å²) in [6.45, 7) is 2.81. The first-order valence-corrected chi connectivity index (χ1v) is 10.00. The Labute approximate surface area is 169 Å². The smallest absolute Gasteiger partial charge is 0.126 e. The number of rotatable bonds is 6. The number of halogens is 2. The first kappa shape index (κ1) is 19.7. The molecule has 29 heavy (non-hydrogen) atoms. The van der Waals surface area contributed by atoms with Gasteiger partial charge >= 0.3 is 0 Å². The highest BCUT2D eigenvalue weighted by Gasteiger charge is 2.33. The second-order valence-corrected chi connectivity index (χ2v) is 7.70. The third-order valence-electron chi connectivity index (χ3n) is 5.75. The van der Waals surface area contributed by atoms with Crippen LogP contribution in [0.15, 0.2) is 48.8 Å². The molecule has 0 aliphatic carbocycles. The van der Waals surface area contributed by atoms with E-state index in [9.17, 15) is 13.9 Å². The van der Waals surface area contributed by atoms with Crippen molar-refractivity contribution in [1.29, 1.82) is 0 Å². The number of benzene rings is 2. The van der Waals surface area contributed by atoms with E-state index in [4.69, 9.17) is 0 Å². The number of hydrogen-bond acceptors (Lipinski definition) is 3. The molecule has 3 aromatic rings. The van der Waals surface area contributed by atoms with E-state index in [0.29, 0.717) is 24.4 Å². The van der Waals surface area contributed by atoms with Crippen molar-refractivity contribution in [3.05, 3.63) is 88.5 Å². The Morgan fingerprint density at radius 2 is 1.90 bits per heavy atom. The molecule has 1 aromatic heterocycles. The predicted molar refractivity (Wildman–Crippen MR) is 108 cm³/mol. The molecule has 0 saturated heterocycles. The minimum atomic E-state index is -0.772. The normalized spacial score (nSPS) is 18.3. The van der Waals surface area contributed by atoms with E-state index in [1.54, 1.807) is 12.4 Å². The number of fused-ring (bicyclic) bond motifs is 1. The van der Waals surface area contributed by atoms with Crippen molar-refractivity contribution < 1.29 is 13.9 Å². The van der Waals surface area contributed by atoms with Gasteiger partial charge in [0.1, 0.15) is 17.5 Å². The monoisotopic (exact) mass is 397 g/mol. The summed E-state index contributed by atoms with van der Waals surface area (Å²) in [5, 5.41) is 14.7. The van der Waals surface area contributed by atoms with Crippen molar-refractivity contribution >= 4 is 0 Å². The van der Waals surface area contributed by atoms with Crippen LogP contribution in [0.1, 0.15) is 40.9 Å². The van der Waals surface area contributed by atoms with Gasteiger partial charge in [0, 0.05) is 37.0 Å². The second kappa shape index (κ2) is 8.43. The fraction of sp³-hybridized carbons (Fsp3) is 0.348. The highest BCUT2D eigenvalue weighted by molar-refractivity contribution is 5.35. The molecule has 3 N–H and O–H groups in total. The average Bonchev–Trinajstić information content (AvgIpc) is 3.24. The van der Waals surface area contributed by atoms with E-state index >= 15 is 0 Å². The van der Waals surface area contributed by atoms with Crippen molar-refractivity contribution in [1.82, 2.24) is 15.3 Å². The minimum Gasteiger partial charge on any atom is -0.391 e. The van der Waals surface area contributed by atoms with Crippen LogP contribution in [0.25, 0.3) is 0 Å². The summed E-state index contributed by atoms with van der Waals surface area (Å²) >= 11 is 0. The number of aliphatic hydroxyl groups excluding tert-OH is 1. The molecule has 0 fully saturated rings. The topological polar surface area (TPSA) is 60.9 Å². The first-order valence-electron chi connectivity index (χ1n) is 10.00. The SMILES string of the molecule is CCc1ccc2c(c1)CC(C(O)C(Cc1cc(F)cc(F)c1)c1ncc[nH]1)NC2. The lowest BCUT2D eigenvalue weighted by Gasteiger charge is -2.34. The maximum absolute atomic E-state index is 13.7. The van der Waals surface area contributed by atoms with Crippen LogP contribution in [-0.4, -0.2) is 27.2 Å². The van der Waals surface area contributed by atoms with E-state index in [0.717, 1.165) is 12.5 Å². The maximum Gasteiger partial charge on any atom is 0.126 e. The van der Waals surface area contributed by atoms with E-state index in [1.165, 1.54) is 28.8 Å². The van der Waals surface area contributed by atoms with Gasteiger partial charge in [0.05, 0.1) is 6.10 Å². The molecule has 2 heterocycles. The summed E-state index contributed by atoms with van der Waals surface area (Å²) in [6, 6.07) is 9.78. The molecule has 152 valence electrons. The molecule has 0 amide bonds. The lowest BCUT2D eigenvalue weighted by atomic mass is 9.83. The molecule has 0 radical (unpaired) electrons. The lowest BCUT2D eigenvalue weighted by Crippen LogP contribution is -2.47. The molecule has 2 aromatic carbocycles. The molecule has 0 bridgehead atoms. The van der Waals surface area contributed by atoms with E-state index in [-0.39, 0.29) is 12.5 Å². The lowest BCUT2D eigenvalue weighted by molar-refractivity contribution is 0.0918. The van der Waals surface area contributed by atoms with Gasteiger partial charge in [-0.2, -0.15) is 0 Å². The van der Waals surface area contributed by atoms with Crippen LogP contribution in [0.2, 0.25) is 0 Å². The van der Waals surface area contributed by atoms with Gasteiger partial charge in [0.2, 0.25) is 0 Å². The standard InChI is InChI=1S/C23H25F2N3O/c1-2-14-3-4-16-13-28-21(11-17(16)7-14)22(29)20(23-26-5-6-27-23)10-15-8-18(24)12-19(25)9-15/h3-9,12,20-22,28-29H,2,10-11,13H2,1H3,(H,26,27). The molecule has 3 atom stereocenters. The van der Waals surface area contributed by atoms with Crippen LogP contribution in [0.5, 0.6) is 0 Å². The highest BCUT2D eigenvalue weighted by Crippen LogP contribution is 2.29. The number of nitrogens with zero attached hydrogens (tertiary/aromatic N) is 1. The number of aromatic nitrogens is 2. The van der Waals surface area contributed by atoms with Crippen LogP contribution in [0.3, 0.4) is 0 Å². The molecule has 6 heteroatoms. The Balaban J connectivity index is 1.59. The molecule has 4 nitrogen and oxygen atoms in total. The number of imidazole rings is 1. The fourth-order valence-corrected chi connectivity index (χ4v) is 4.18. The van der Waals surface area contributed by atoms with E-state index in [2.05, 4.69) is 40.4 Å². The molecule has 4 rings (SSSR count). The Hall–Kier alpha value is -2.57. The number of H-pyrrole nitrogens is 1. The van der Waals surface area contributed by atoms with Crippen molar-refractivity contribution in [3.63, 3.8) is 0 Å². The van der Waals surface area contributed by atoms with Gasteiger partial charge in [-0.15, -0.1) is 0 Å². The molecular weight excluding hydrogens is 372 g/mol. The summed E-state index contributed by atoms with van der Waals surface area (Å²) in [5.41, 5.74) is 4.25. The fourth-order valence-electron chi connectivity index (χ4n) is 4.18. The highest BCUT2D eigenvalue weighted by atomic mass is 19.1. The Morgan fingerprint density at radius 1 is 1.10 bits per heavy atom. The van der Waals surface area contributed by atoms with Crippen LogP contribution >= 0.6 is 0 Å². The summed E-state index contributed by atoms with van der Waals surface area (Å²) in [7, 11) is 0. The number of nitrogens with one attached hydrogen (secondary N) is 2. The molecule has 1 aliphatic heterocycles. The van der Waals surface area contributed by atoms with Gasteiger partial charge in [0.15, 0.2) is 0 Å². The van der Waals surface area contributed by atoms with Crippen molar-refractivity contribution in [2.45, 2.75) is 50.8 Å². The number of hydrogen-bond donors (Lipinski definition) is 3. The van der Waals surface area contributed by atoms with Gasteiger partial charge in [-0.3, -0.25) is 0 Å². The molecule has 0 saturated carbocycles. The molecule has 3 unspecified atom stereocenters. The van der Waals surface area contributed by atoms with E-state index < -0.39 is 23.7 Å². The number of aliphatic hydroxyl groups is 1. The van der Waals surface area contributed by atoms with Gasteiger partial charge in [-0.25, -0.2) is 13.8 Å². The summed E-state index contributed by atoms with van der Waals surface area (Å²) in [5.74, 6) is -1.05. The van der Waals surface area contributed by atoms with Crippen molar-refractivity contribution in [3.8, 4) is 0 Å². The molecule has 0 spiro atoms.